The van der Waals surface area contributed by atoms with Gasteiger partial charge < -0.3 is 18.9 Å². The number of methoxy groups -OCH3 is 2. The fraction of sp³-hybridized carbons (Fsp3) is 0.455. The predicted molar refractivity (Wildman–Crippen MR) is 116 cm³/mol. The van der Waals surface area contributed by atoms with Crippen LogP contribution in [0.3, 0.4) is 0 Å². The normalized spacial score (nSPS) is 15.4. The summed E-state index contributed by atoms with van der Waals surface area (Å²) in [5.74, 6) is -1.03. The highest BCUT2D eigenvalue weighted by Gasteiger charge is 2.41. The molecule has 180 valence electrons. The minimum Gasteiger partial charge on any atom is -0.503 e. The van der Waals surface area contributed by atoms with E-state index in [1.165, 1.54) is 25.2 Å². The maximum absolute atomic E-state index is 13.8. The average Bonchev–Trinajstić information content (AvgIpc) is 3.11. The van der Waals surface area contributed by atoms with E-state index in [0.29, 0.717) is 30.9 Å². The van der Waals surface area contributed by atoms with Gasteiger partial charge in [-0.05, 0) is 45.8 Å². The van der Waals surface area contributed by atoms with Crippen molar-refractivity contribution in [3.63, 3.8) is 0 Å². The Morgan fingerprint density at radius 3 is 2.61 bits per heavy atom. The first-order valence-electron chi connectivity index (χ1n) is 10.2. The van der Waals surface area contributed by atoms with Crippen LogP contribution in [0.5, 0.6) is 5.88 Å². The zero-order valence-corrected chi connectivity index (χ0v) is 19.7. The maximum Gasteiger partial charge on any atom is 0.424 e. The van der Waals surface area contributed by atoms with E-state index in [9.17, 15) is 18.0 Å². The summed E-state index contributed by atoms with van der Waals surface area (Å²) < 4.78 is 63.2. The van der Waals surface area contributed by atoms with Crippen LogP contribution >= 0.6 is 15.9 Å². The van der Waals surface area contributed by atoms with Crippen LogP contribution in [0.4, 0.5) is 13.2 Å². The van der Waals surface area contributed by atoms with Crippen molar-refractivity contribution >= 4 is 27.5 Å². The van der Waals surface area contributed by atoms with Gasteiger partial charge in [0.25, 0.3) is 0 Å². The number of ether oxygens (including phenoxy) is 4. The number of benzene rings is 1. The van der Waals surface area contributed by atoms with Crippen LogP contribution in [-0.4, -0.2) is 43.2 Å². The van der Waals surface area contributed by atoms with E-state index >= 15 is 0 Å². The number of rotatable bonds is 8. The van der Waals surface area contributed by atoms with Crippen LogP contribution < -0.4 is 4.74 Å². The first-order valence-corrected chi connectivity index (χ1v) is 11.0. The molecule has 2 aromatic rings. The van der Waals surface area contributed by atoms with Crippen molar-refractivity contribution in [1.82, 2.24) is 9.78 Å². The van der Waals surface area contributed by atoms with Crippen molar-refractivity contribution < 1.29 is 36.9 Å². The molecule has 1 aliphatic heterocycles. The molecule has 1 aromatic carbocycles. The molecule has 0 saturated carbocycles. The summed E-state index contributed by atoms with van der Waals surface area (Å²) in [6.45, 7) is 1.22. The largest absolute Gasteiger partial charge is 0.503 e. The van der Waals surface area contributed by atoms with Crippen LogP contribution in [0.15, 0.2) is 35.1 Å². The molecule has 1 aromatic heterocycles. The number of esters is 1. The predicted octanol–water partition coefficient (Wildman–Crippen LogP) is 4.83. The number of aromatic nitrogens is 2. The van der Waals surface area contributed by atoms with Crippen LogP contribution in [0.2, 0.25) is 0 Å². The molecule has 1 saturated heterocycles. The Balaban J connectivity index is 1.89. The van der Waals surface area contributed by atoms with Gasteiger partial charge in [0.1, 0.15) is 16.8 Å². The highest BCUT2D eigenvalue weighted by Crippen LogP contribution is 2.42. The SMILES string of the molecule is CO/C=C(/C(=O)OC)c1ccccc1COc1nn(CC2CCOCC2)c(Br)c1C(F)(F)F. The highest BCUT2D eigenvalue weighted by atomic mass is 79.9. The third-order valence-electron chi connectivity index (χ3n) is 5.23. The van der Waals surface area contributed by atoms with E-state index in [1.807, 2.05) is 0 Å². The number of halogens is 4. The molecule has 7 nitrogen and oxygen atoms in total. The highest BCUT2D eigenvalue weighted by molar-refractivity contribution is 9.10. The van der Waals surface area contributed by atoms with E-state index in [4.69, 9.17) is 18.9 Å². The minimum absolute atomic E-state index is 0.112. The van der Waals surface area contributed by atoms with Crippen molar-refractivity contribution in [2.75, 3.05) is 27.4 Å². The van der Waals surface area contributed by atoms with Crippen molar-refractivity contribution in [1.29, 1.82) is 0 Å². The molecule has 33 heavy (non-hydrogen) atoms. The van der Waals surface area contributed by atoms with E-state index in [2.05, 4.69) is 21.0 Å². The van der Waals surface area contributed by atoms with E-state index < -0.39 is 23.6 Å². The molecule has 2 heterocycles. The van der Waals surface area contributed by atoms with E-state index in [0.717, 1.165) is 12.8 Å². The summed E-state index contributed by atoms with van der Waals surface area (Å²) in [6.07, 6.45) is -1.96. The van der Waals surface area contributed by atoms with Gasteiger partial charge in [0.15, 0.2) is 5.56 Å². The first kappa shape index (κ1) is 25.1. The molecule has 0 amide bonds. The van der Waals surface area contributed by atoms with Crippen molar-refractivity contribution in [3.05, 3.63) is 51.8 Å². The van der Waals surface area contributed by atoms with Crippen molar-refractivity contribution in [2.24, 2.45) is 5.92 Å². The Morgan fingerprint density at radius 2 is 1.97 bits per heavy atom. The third kappa shape index (κ3) is 6.08. The van der Waals surface area contributed by atoms with Crippen LogP contribution in [-0.2, 0) is 38.3 Å². The maximum atomic E-state index is 13.8. The summed E-state index contributed by atoms with van der Waals surface area (Å²) in [4.78, 5) is 12.2. The Kier molecular flexibility index (Phi) is 8.41. The minimum atomic E-state index is -4.67. The van der Waals surface area contributed by atoms with Gasteiger partial charge in [-0.25, -0.2) is 4.79 Å². The summed E-state index contributed by atoms with van der Waals surface area (Å²) in [5, 5.41) is 4.10. The van der Waals surface area contributed by atoms with Crippen LogP contribution in [0.1, 0.15) is 29.5 Å². The Labute approximate surface area is 197 Å². The Hall–Kier alpha value is -2.53. The zero-order chi connectivity index (χ0) is 24.0. The van der Waals surface area contributed by atoms with Gasteiger partial charge in [0.05, 0.1) is 20.5 Å². The van der Waals surface area contributed by atoms with Crippen LogP contribution in [0.25, 0.3) is 5.57 Å². The average molecular weight is 533 g/mol. The standard InChI is InChI=1S/C22H24BrF3N2O5/c1-30-13-17(21(29)31-2)16-6-4-3-5-15(16)12-33-20-18(22(24,25)26)19(23)28(27-20)11-14-7-9-32-10-8-14/h3-6,13-14H,7-12H2,1-2H3/b17-13+. The smallest absolute Gasteiger partial charge is 0.424 e. The van der Waals surface area contributed by atoms with Gasteiger partial charge in [-0.15, -0.1) is 5.10 Å². The molecule has 0 aliphatic carbocycles. The number of nitrogens with zero attached hydrogens (tertiary/aromatic N) is 2. The molecule has 0 unspecified atom stereocenters. The second-order valence-corrected chi connectivity index (χ2v) is 8.16. The summed E-state index contributed by atoms with van der Waals surface area (Å²) in [5.41, 5.74) is 0.0176. The molecular formula is C22H24BrF3N2O5. The lowest BCUT2D eigenvalue weighted by molar-refractivity contribution is -0.139. The van der Waals surface area contributed by atoms with Crippen LogP contribution in [0, 0.1) is 5.92 Å². The summed E-state index contributed by atoms with van der Waals surface area (Å²) in [7, 11) is 2.60. The lowest BCUT2D eigenvalue weighted by Crippen LogP contribution is -2.21. The monoisotopic (exact) mass is 532 g/mol. The number of hydrogen-bond donors (Lipinski definition) is 0. The number of carbonyl (C=O) groups excluding carboxylic acids is 1. The van der Waals surface area contributed by atoms with Crippen molar-refractivity contribution in [2.45, 2.75) is 32.2 Å². The van der Waals surface area contributed by atoms with E-state index in [-0.39, 0.29) is 22.7 Å². The lowest BCUT2D eigenvalue weighted by atomic mass is 10.0. The number of alkyl halides is 3. The Bertz CT molecular complexity index is 1000. The van der Waals surface area contributed by atoms with Gasteiger partial charge in [-0.1, -0.05) is 24.3 Å². The van der Waals surface area contributed by atoms with Crippen molar-refractivity contribution in [3.8, 4) is 5.88 Å². The molecule has 1 aliphatic rings. The van der Waals surface area contributed by atoms with E-state index in [1.54, 1.807) is 24.3 Å². The summed E-state index contributed by atoms with van der Waals surface area (Å²) >= 11 is 3.06. The van der Waals surface area contributed by atoms with Gasteiger partial charge in [-0.3, -0.25) is 4.68 Å². The molecule has 0 radical (unpaired) electrons. The number of carbonyl (C=O) groups is 1. The molecule has 0 spiro atoms. The van der Waals surface area contributed by atoms with Gasteiger partial charge in [-0.2, -0.15) is 13.2 Å². The molecule has 11 heteroatoms. The molecule has 0 atom stereocenters. The third-order valence-corrected chi connectivity index (χ3v) is 6.03. The van der Waals surface area contributed by atoms with Gasteiger partial charge in [0, 0.05) is 19.8 Å². The second-order valence-electron chi connectivity index (χ2n) is 7.41. The fourth-order valence-corrected chi connectivity index (χ4v) is 4.18. The Morgan fingerprint density at radius 1 is 1.27 bits per heavy atom. The second kappa shape index (κ2) is 11.1. The topological polar surface area (TPSA) is 71.8 Å². The quantitative estimate of drug-likeness (QED) is 0.275. The zero-order valence-electron chi connectivity index (χ0n) is 18.2. The molecule has 1 fully saturated rings. The molecular weight excluding hydrogens is 509 g/mol. The van der Waals surface area contributed by atoms with Gasteiger partial charge >= 0.3 is 12.1 Å². The molecule has 0 N–H and O–H groups in total. The molecule has 3 rings (SSSR count). The van der Waals surface area contributed by atoms with Gasteiger partial charge in [0.2, 0.25) is 5.88 Å². The summed E-state index contributed by atoms with van der Waals surface area (Å²) in [6, 6.07) is 6.65. The first-order chi connectivity index (χ1) is 15.8. The fourth-order valence-electron chi connectivity index (χ4n) is 3.56. The lowest BCUT2D eigenvalue weighted by Gasteiger charge is -2.22. The molecule has 0 bridgehead atoms. The number of hydrogen-bond acceptors (Lipinski definition) is 6.